The van der Waals surface area contributed by atoms with Crippen molar-refractivity contribution in [2.24, 2.45) is 16.5 Å². The Balaban J connectivity index is 1.16. The van der Waals surface area contributed by atoms with E-state index in [9.17, 15) is 0 Å². The van der Waals surface area contributed by atoms with Gasteiger partial charge in [0.2, 0.25) is 0 Å². The molecule has 0 atom stereocenters. The van der Waals surface area contributed by atoms with Crippen LogP contribution in [0.4, 0.5) is 0 Å². The first-order valence-corrected chi connectivity index (χ1v) is 19.3. The molecule has 0 aromatic rings. The van der Waals surface area contributed by atoms with E-state index in [0.717, 1.165) is 45.0 Å². The Hall–Kier alpha value is -0.970. The number of hydrogen-bond acceptors (Lipinski definition) is 13. The fraction of sp³-hybridized carbons (Fsp3) is 0.973. The zero-order valence-corrected chi connectivity index (χ0v) is 31.9. The molecule has 0 amide bonds. The molecular weight excluding hydrogens is 646 g/mol. The van der Waals surface area contributed by atoms with Crippen LogP contribution in [0.15, 0.2) is 5.16 Å². The number of piperidine rings is 2. The largest absolute Gasteiger partial charge is 0.396 e. The van der Waals surface area contributed by atoms with E-state index in [2.05, 4.69) is 36.1 Å². The molecule has 0 bridgehead atoms. The minimum atomic E-state index is 0.306. The lowest BCUT2D eigenvalue weighted by Crippen LogP contribution is -2.46. The molecule has 50 heavy (non-hydrogen) atoms. The predicted molar refractivity (Wildman–Crippen MR) is 195 cm³/mol. The average molecular weight is 720 g/mol. The third-order valence-electron chi connectivity index (χ3n) is 8.49. The lowest BCUT2D eigenvalue weighted by Gasteiger charge is -2.38. The summed E-state index contributed by atoms with van der Waals surface area (Å²) in [5.74, 6) is 0.548. The fourth-order valence-corrected chi connectivity index (χ4v) is 5.40. The van der Waals surface area contributed by atoms with E-state index in [0.29, 0.717) is 130 Å². The van der Waals surface area contributed by atoms with Crippen LogP contribution < -0.4 is 5.32 Å². The molecule has 13 heteroatoms. The van der Waals surface area contributed by atoms with E-state index in [4.69, 9.17) is 47.5 Å². The van der Waals surface area contributed by atoms with Crippen LogP contribution in [0.2, 0.25) is 0 Å². The van der Waals surface area contributed by atoms with Gasteiger partial charge in [-0.1, -0.05) is 25.9 Å². The molecule has 0 aromatic heterocycles. The molecule has 296 valence electrons. The Labute approximate surface area is 303 Å². The third-order valence-corrected chi connectivity index (χ3v) is 8.49. The number of unbranched alkanes of at least 4 members (excludes halogenated alkanes) is 1. The molecule has 2 aliphatic rings. The summed E-state index contributed by atoms with van der Waals surface area (Å²) in [6.45, 7) is 22.3. The predicted octanol–water partition coefficient (Wildman–Crippen LogP) is 3.82. The van der Waals surface area contributed by atoms with Gasteiger partial charge in [0.15, 0.2) is 0 Å². The molecule has 0 aromatic carbocycles. The minimum Gasteiger partial charge on any atom is -0.396 e. The maximum Gasteiger partial charge on any atom is 0.117 e. The van der Waals surface area contributed by atoms with Crippen LogP contribution in [0, 0.1) is 11.3 Å². The van der Waals surface area contributed by atoms with Crippen molar-refractivity contribution in [1.82, 2.24) is 10.2 Å². The molecule has 0 unspecified atom stereocenters. The van der Waals surface area contributed by atoms with Gasteiger partial charge in [-0.2, -0.15) is 0 Å². The Morgan fingerprint density at radius 1 is 0.520 bits per heavy atom. The highest BCUT2D eigenvalue weighted by Crippen LogP contribution is 2.21. The first-order valence-electron chi connectivity index (χ1n) is 19.3. The summed E-state index contributed by atoms with van der Waals surface area (Å²) >= 11 is 0. The number of likely N-dealkylation sites (tertiary alicyclic amines) is 1. The van der Waals surface area contributed by atoms with Crippen molar-refractivity contribution in [3.8, 4) is 0 Å². The van der Waals surface area contributed by atoms with Gasteiger partial charge in [-0.25, -0.2) is 0 Å². The van der Waals surface area contributed by atoms with Gasteiger partial charge in [-0.15, -0.1) is 0 Å². The van der Waals surface area contributed by atoms with Gasteiger partial charge in [-0.3, -0.25) is 0 Å². The molecule has 13 nitrogen and oxygen atoms in total. The van der Waals surface area contributed by atoms with Crippen LogP contribution >= 0.6 is 0 Å². The van der Waals surface area contributed by atoms with Gasteiger partial charge >= 0.3 is 0 Å². The molecule has 0 spiro atoms. The summed E-state index contributed by atoms with van der Waals surface area (Å²) in [5.41, 5.74) is 0.306. The zero-order chi connectivity index (χ0) is 35.6. The summed E-state index contributed by atoms with van der Waals surface area (Å²) in [6.07, 6.45) is 9.90. The van der Waals surface area contributed by atoms with E-state index in [1.165, 1.54) is 38.8 Å². The zero-order valence-electron chi connectivity index (χ0n) is 31.9. The van der Waals surface area contributed by atoms with Gasteiger partial charge in [0, 0.05) is 25.5 Å². The maximum absolute atomic E-state index is 5.63. The average Bonchev–Trinajstić information content (AvgIpc) is 3.12. The topological polar surface area (TPSA) is 120 Å². The molecule has 0 radical (unpaired) electrons. The maximum atomic E-state index is 5.63. The summed E-state index contributed by atoms with van der Waals surface area (Å²) in [7, 11) is 0. The Kier molecular flexibility index (Phi) is 29.5. The van der Waals surface area contributed by atoms with Crippen LogP contribution in [0.25, 0.3) is 0 Å². The molecule has 1 N–H and O–H groups in total. The number of hydrogen-bond donors (Lipinski definition) is 1. The summed E-state index contributed by atoms with van der Waals surface area (Å²) in [5, 5.41) is 7.68. The van der Waals surface area contributed by atoms with Crippen molar-refractivity contribution in [3.63, 3.8) is 0 Å². The van der Waals surface area contributed by atoms with E-state index in [1.54, 1.807) is 0 Å². The van der Waals surface area contributed by atoms with Crippen LogP contribution in [0.5, 0.6) is 0 Å². The lowest BCUT2D eigenvalue weighted by atomic mass is 9.93. The standard InChI is InChI=1S/C37H73N3O10/c1-37(2,3)10-17-42-19-21-44-23-25-46-27-29-48-31-33-49-32-30-47-28-26-45-24-22-43-20-18-41-15-4-5-16-50-39-34-35-8-13-40(14-9-35)36-6-11-38-12-7-36/h34-36,38H,4-33H2,1-3H3/b39-34+. The SMILES string of the molecule is CC(C)(C)CCOCCOCCOCCOCCOCCOCCOCCOCCOCCCCO/N=C/C1CCN(C2CCNCC2)CC1. The van der Waals surface area contributed by atoms with Crippen LogP contribution in [0.1, 0.15) is 65.7 Å². The summed E-state index contributed by atoms with van der Waals surface area (Å²) in [6, 6.07) is 0.772. The number of nitrogens with zero attached hydrogens (tertiary/aromatic N) is 2. The molecule has 2 aliphatic heterocycles. The van der Waals surface area contributed by atoms with Crippen molar-refractivity contribution in [2.45, 2.75) is 71.8 Å². The van der Waals surface area contributed by atoms with Crippen LogP contribution in [-0.2, 0) is 47.5 Å². The van der Waals surface area contributed by atoms with Crippen LogP contribution in [0.3, 0.4) is 0 Å². The van der Waals surface area contributed by atoms with Crippen molar-refractivity contribution in [3.05, 3.63) is 0 Å². The highest BCUT2D eigenvalue weighted by Gasteiger charge is 2.25. The number of nitrogens with one attached hydrogen (secondary N) is 1. The van der Waals surface area contributed by atoms with E-state index >= 15 is 0 Å². The highest BCUT2D eigenvalue weighted by molar-refractivity contribution is 5.60. The molecule has 2 rings (SSSR count). The fourth-order valence-electron chi connectivity index (χ4n) is 5.40. The van der Waals surface area contributed by atoms with Crippen molar-refractivity contribution in [2.75, 3.05) is 152 Å². The van der Waals surface area contributed by atoms with E-state index < -0.39 is 0 Å². The second kappa shape index (κ2) is 32.7. The molecule has 2 saturated heterocycles. The van der Waals surface area contributed by atoms with Gasteiger partial charge in [0.1, 0.15) is 6.61 Å². The molecular formula is C37H73N3O10. The van der Waals surface area contributed by atoms with Crippen LogP contribution in [-0.4, -0.2) is 169 Å². The first kappa shape index (κ1) is 45.2. The highest BCUT2D eigenvalue weighted by atomic mass is 16.6. The minimum absolute atomic E-state index is 0.306. The lowest BCUT2D eigenvalue weighted by molar-refractivity contribution is -0.0254. The second-order valence-electron chi connectivity index (χ2n) is 14.0. The number of rotatable bonds is 34. The Morgan fingerprint density at radius 2 is 0.900 bits per heavy atom. The van der Waals surface area contributed by atoms with Crippen molar-refractivity contribution >= 4 is 6.21 Å². The quantitative estimate of drug-likeness (QED) is 0.0592. The Bertz CT molecular complexity index is 748. The number of oxime groups is 1. The molecule has 2 fully saturated rings. The number of ether oxygens (including phenoxy) is 9. The Morgan fingerprint density at radius 3 is 1.32 bits per heavy atom. The normalized spacial score (nSPS) is 16.9. The van der Waals surface area contributed by atoms with Gasteiger partial charge in [0.25, 0.3) is 0 Å². The first-order chi connectivity index (χ1) is 24.5. The molecule has 0 saturated carbocycles. The van der Waals surface area contributed by atoms with Crippen molar-refractivity contribution < 1.29 is 47.5 Å². The van der Waals surface area contributed by atoms with Crippen molar-refractivity contribution in [1.29, 1.82) is 0 Å². The van der Waals surface area contributed by atoms with E-state index in [1.807, 2.05) is 6.21 Å². The summed E-state index contributed by atoms with van der Waals surface area (Å²) in [4.78, 5) is 8.15. The van der Waals surface area contributed by atoms with E-state index in [-0.39, 0.29) is 0 Å². The second-order valence-corrected chi connectivity index (χ2v) is 14.0. The van der Waals surface area contributed by atoms with Gasteiger partial charge in [-0.05, 0) is 82.5 Å². The van der Waals surface area contributed by atoms with Gasteiger partial charge in [0.05, 0.1) is 106 Å². The molecule has 0 aliphatic carbocycles. The third kappa shape index (κ3) is 28.6. The smallest absolute Gasteiger partial charge is 0.117 e. The van der Waals surface area contributed by atoms with Gasteiger partial charge < -0.3 is 57.7 Å². The monoisotopic (exact) mass is 720 g/mol. The summed E-state index contributed by atoms with van der Waals surface area (Å²) < 4.78 is 49.8. The molecule has 2 heterocycles.